The number of carboxylic acids is 1. The number of nitrogens with one attached hydrogen (secondary N) is 2. The number of benzene rings is 1. The molecule has 0 bridgehead atoms. The van der Waals surface area contributed by atoms with Crippen LogP contribution in [0.2, 0.25) is 0 Å². The minimum absolute atomic E-state index is 0.191. The van der Waals surface area contributed by atoms with Crippen molar-refractivity contribution in [3.05, 3.63) is 29.1 Å². The summed E-state index contributed by atoms with van der Waals surface area (Å²) in [4.78, 5) is 35.5. The third kappa shape index (κ3) is 3.10. The molecule has 0 aromatic heterocycles. The van der Waals surface area contributed by atoms with Crippen molar-refractivity contribution >= 4 is 35.2 Å². The fourth-order valence-electron chi connectivity index (χ4n) is 2.97. The third-order valence-electron chi connectivity index (χ3n) is 4.44. The number of aliphatic carboxylic acids is 1. The molecule has 2 aliphatic rings. The molecule has 0 aliphatic carbocycles. The lowest BCUT2D eigenvalue weighted by atomic mass is 9.91. The molecule has 6 nitrogen and oxygen atoms in total. The van der Waals surface area contributed by atoms with E-state index in [1.54, 1.807) is 11.8 Å². The molecule has 1 aromatic rings. The van der Waals surface area contributed by atoms with Gasteiger partial charge < -0.3 is 15.7 Å². The summed E-state index contributed by atoms with van der Waals surface area (Å²) in [6.45, 7) is 0. The number of amides is 2. The summed E-state index contributed by atoms with van der Waals surface area (Å²) in [5, 5.41) is 14.6. The van der Waals surface area contributed by atoms with Crippen molar-refractivity contribution in [2.24, 2.45) is 0 Å². The third-order valence-corrected chi connectivity index (χ3v) is 5.43. The molecule has 1 saturated heterocycles. The molecule has 0 radical (unpaired) electrons. The van der Waals surface area contributed by atoms with Gasteiger partial charge in [0, 0.05) is 12.1 Å². The number of anilines is 1. The Balaban J connectivity index is 1.87. The van der Waals surface area contributed by atoms with Crippen LogP contribution in [-0.2, 0) is 16.0 Å². The molecule has 8 heteroatoms. The van der Waals surface area contributed by atoms with E-state index in [1.807, 2.05) is 0 Å². The Labute approximate surface area is 142 Å². The molecule has 0 spiro atoms. The number of carbonyl (C=O) groups excluding carboxylic acids is 2. The Hall–Kier alpha value is -2.09. The summed E-state index contributed by atoms with van der Waals surface area (Å²) in [5.41, 5.74) is -0.505. The number of hydrogen-bond acceptors (Lipinski definition) is 4. The first-order valence-corrected chi connectivity index (χ1v) is 8.83. The monoisotopic (exact) mass is 352 g/mol. The standard InChI is InChI=1S/C16H17FN2O4S/c17-11-8-12-9(1-2-13(20)18-12)7-10(11)14(21)19-16(15(22)23)3-5-24-6-4-16/h7-8H,1-6H2,(H,18,20)(H,19,21)(H,22,23). The molecule has 3 rings (SSSR count). The first kappa shape index (κ1) is 16.8. The Kier molecular flexibility index (Phi) is 4.49. The van der Waals surface area contributed by atoms with E-state index in [-0.39, 0.29) is 17.9 Å². The van der Waals surface area contributed by atoms with E-state index >= 15 is 0 Å². The van der Waals surface area contributed by atoms with Gasteiger partial charge in [-0.1, -0.05) is 0 Å². The fourth-order valence-corrected chi connectivity index (χ4v) is 4.16. The number of thioether (sulfide) groups is 1. The number of halogens is 1. The average molecular weight is 352 g/mol. The van der Waals surface area contributed by atoms with Crippen molar-refractivity contribution < 1.29 is 23.9 Å². The predicted octanol–water partition coefficient (Wildman–Crippen LogP) is 1.79. The van der Waals surface area contributed by atoms with Crippen LogP contribution in [0.5, 0.6) is 0 Å². The van der Waals surface area contributed by atoms with Crippen molar-refractivity contribution in [1.82, 2.24) is 5.32 Å². The van der Waals surface area contributed by atoms with Gasteiger partial charge in [-0.2, -0.15) is 11.8 Å². The van der Waals surface area contributed by atoms with Crippen LogP contribution in [0, 0.1) is 5.82 Å². The normalized spacial score (nSPS) is 19.1. The number of aryl methyl sites for hydroxylation is 1. The van der Waals surface area contributed by atoms with Gasteiger partial charge in [-0.3, -0.25) is 9.59 Å². The first-order chi connectivity index (χ1) is 11.4. The summed E-state index contributed by atoms with van der Waals surface area (Å²) < 4.78 is 14.3. The van der Waals surface area contributed by atoms with Crippen molar-refractivity contribution in [1.29, 1.82) is 0 Å². The van der Waals surface area contributed by atoms with E-state index in [9.17, 15) is 23.9 Å². The van der Waals surface area contributed by atoms with Crippen molar-refractivity contribution in [3.63, 3.8) is 0 Å². The van der Waals surface area contributed by atoms with Gasteiger partial charge in [0.15, 0.2) is 0 Å². The summed E-state index contributed by atoms with van der Waals surface area (Å²) in [6.07, 6.45) is 1.31. The maximum Gasteiger partial charge on any atom is 0.329 e. The zero-order chi connectivity index (χ0) is 17.3. The summed E-state index contributed by atoms with van der Waals surface area (Å²) in [5.74, 6) is -1.54. The quantitative estimate of drug-likeness (QED) is 0.771. The molecule has 2 aliphatic heterocycles. The summed E-state index contributed by atoms with van der Waals surface area (Å²) in [6, 6.07) is 2.51. The second kappa shape index (κ2) is 6.43. The zero-order valence-corrected chi connectivity index (χ0v) is 13.7. The largest absolute Gasteiger partial charge is 0.480 e. The highest BCUT2D eigenvalue weighted by Gasteiger charge is 2.41. The maximum atomic E-state index is 14.3. The van der Waals surface area contributed by atoms with Gasteiger partial charge in [-0.15, -0.1) is 0 Å². The lowest BCUT2D eigenvalue weighted by Gasteiger charge is -2.33. The summed E-state index contributed by atoms with van der Waals surface area (Å²) >= 11 is 1.63. The molecule has 2 heterocycles. The Morgan fingerprint density at radius 1 is 1.25 bits per heavy atom. The molecule has 1 fully saturated rings. The van der Waals surface area contributed by atoms with Crippen LogP contribution in [0.25, 0.3) is 0 Å². The first-order valence-electron chi connectivity index (χ1n) is 7.67. The Morgan fingerprint density at radius 3 is 2.62 bits per heavy atom. The SMILES string of the molecule is O=C1CCc2cc(C(=O)NC3(C(=O)O)CCSCC3)c(F)cc2N1. The molecule has 2 amide bonds. The van der Waals surface area contributed by atoms with Gasteiger partial charge in [0.25, 0.3) is 5.91 Å². The van der Waals surface area contributed by atoms with Gasteiger partial charge in [0.05, 0.1) is 5.56 Å². The zero-order valence-electron chi connectivity index (χ0n) is 12.9. The molecular weight excluding hydrogens is 335 g/mol. The van der Waals surface area contributed by atoms with Gasteiger partial charge in [-0.25, -0.2) is 9.18 Å². The highest BCUT2D eigenvalue weighted by Crippen LogP contribution is 2.29. The van der Waals surface area contributed by atoms with Crippen molar-refractivity contribution in [2.45, 2.75) is 31.2 Å². The number of carboxylic acid groups (broad SMARTS) is 1. The highest BCUT2D eigenvalue weighted by atomic mass is 32.2. The van der Waals surface area contributed by atoms with Gasteiger partial charge >= 0.3 is 5.97 Å². The molecule has 1 aromatic carbocycles. The minimum Gasteiger partial charge on any atom is -0.480 e. The van der Waals surface area contributed by atoms with Gasteiger partial charge in [0.2, 0.25) is 5.91 Å². The smallest absolute Gasteiger partial charge is 0.329 e. The lowest BCUT2D eigenvalue weighted by Crippen LogP contribution is -2.56. The van der Waals surface area contributed by atoms with Crippen LogP contribution < -0.4 is 10.6 Å². The van der Waals surface area contributed by atoms with E-state index in [2.05, 4.69) is 10.6 Å². The highest BCUT2D eigenvalue weighted by molar-refractivity contribution is 7.99. The molecular formula is C16H17FN2O4S. The van der Waals surface area contributed by atoms with Crippen LogP contribution in [-0.4, -0.2) is 39.9 Å². The van der Waals surface area contributed by atoms with Crippen LogP contribution in [0.15, 0.2) is 12.1 Å². The number of hydrogen-bond donors (Lipinski definition) is 3. The van der Waals surface area contributed by atoms with E-state index < -0.39 is 23.2 Å². The minimum atomic E-state index is -1.35. The molecule has 3 N–H and O–H groups in total. The maximum absolute atomic E-state index is 14.3. The van der Waals surface area contributed by atoms with Gasteiger partial charge in [-0.05, 0) is 48.5 Å². The summed E-state index contributed by atoms with van der Waals surface area (Å²) in [7, 11) is 0. The van der Waals surface area contributed by atoms with Crippen LogP contribution >= 0.6 is 11.8 Å². The molecule has 0 atom stereocenters. The molecule has 128 valence electrons. The van der Waals surface area contributed by atoms with E-state index in [1.165, 1.54) is 6.07 Å². The molecule has 0 saturated carbocycles. The number of carbonyl (C=O) groups is 3. The van der Waals surface area contributed by atoms with Gasteiger partial charge in [0.1, 0.15) is 11.4 Å². The topological polar surface area (TPSA) is 95.5 Å². The van der Waals surface area contributed by atoms with E-state index in [0.29, 0.717) is 42.0 Å². The number of fused-ring (bicyclic) bond motifs is 1. The Bertz CT molecular complexity index is 716. The van der Waals surface area contributed by atoms with E-state index in [0.717, 1.165) is 6.07 Å². The average Bonchev–Trinajstić information content (AvgIpc) is 2.54. The predicted molar refractivity (Wildman–Crippen MR) is 87.7 cm³/mol. The number of rotatable bonds is 3. The van der Waals surface area contributed by atoms with Crippen LogP contribution in [0.4, 0.5) is 10.1 Å². The Morgan fingerprint density at radius 2 is 1.96 bits per heavy atom. The van der Waals surface area contributed by atoms with E-state index in [4.69, 9.17) is 0 Å². The van der Waals surface area contributed by atoms with Crippen molar-refractivity contribution in [3.8, 4) is 0 Å². The second-order valence-corrected chi connectivity index (χ2v) is 7.22. The second-order valence-electron chi connectivity index (χ2n) is 5.99. The van der Waals surface area contributed by atoms with Crippen LogP contribution in [0.3, 0.4) is 0 Å². The van der Waals surface area contributed by atoms with Crippen molar-refractivity contribution in [2.75, 3.05) is 16.8 Å². The molecule has 0 unspecified atom stereocenters. The molecule has 24 heavy (non-hydrogen) atoms. The van der Waals surface area contributed by atoms with Crippen LogP contribution in [0.1, 0.15) is 35.2 Å². The lowest BCUT2D eigenvalue weighted by molar-refractivity contribution is -0.144. The fraction of sp³-hybridized carbons (Fsp3) is 0.438.